The third-order valence-corrected chi connectivity index (χ3v) is 4.36. The Balaban J connectivity index is 1.47. The summed E-state index contributed by atoms with van der Waals surface area (Å²) in [5.74, 6) is 0.353. The maximum atomic E-state index is 11.6. The Morgan fingerprint density at radius 2 is 2.30 bits per heavy atom. The van der Waals surface area contributed by atoms with E-state index in [1.165, 1.54) is 11.3 Å². The highest BCUT2D eigenvalue weighted by atomic mass is 32.2. The lowest BCUT2D eigenvalue weighted by atomic mass is 10.4. The molecule has 0 unspecified atom stereocenters. The predicted octanol–water partition coefficient (Wildman–Crippen LogP) is 2.06. The van der Waals surface area contributed by atoms with Crippen molar-refractivity contribution >= 4 is 34.9 Å². The summed E-state index contributed by atoms with van der Waals surface area (Å²) in [5, 5.41) is 12.3. The van der Waals surface area contributed by atoms with Crippen LogP contribution in [0.5, 0.6) is 0 Å². The number of rotatable bonds is 5. The lowest BCUT2D eigenvalue weighted by Gasteiger charge is -2.00. The minimum absolute atomic E-state index is 0.0728. The number of hydrogen-bond acceptors (Lipinski definition) is 7. The van der Waals surface area contributed by atoms with Crippen molar-refractivity contribution in [1.82, 2.24) is 15.5 Å². The second kappa shape index (κ2) is 5.76. The molecular weight excluding hydrogens is 298 g/mol. The van der Waals surface area contributed by atoms with Crippen LogP contribution >= 0.6 is 23.1 Å². The van der Waals surface area contributed by atoms with E-state index in [1.54, 1.807) is 17.5 Å². The second-order valence-electron chi connectivity index (χ2n) is 4.32. The van der Waals surface area contributed by atoms with Crippen LogP contribution in [0.25, 0.3) is 0 Å². The molecule has 1 saturated carbocycles. The van der Waals surface area contributed by atoms with E-state index in [0.29, 0.717) is 21.9 Å². The van der Waals surface area contributed by atoms with Gasteiger partial charge in [-0.1, -0.05) is 17.8 Å². The molecule has 2 aromatic heterocycles. The van der Waals surface area contributed by atoms with Crippen molar-refractivity contribution in [2.45, 2.75) is 24.0 Å². The smallest absolute Gasteiger partial charge is 0.277 e. The maximum Gasteiger partial charge on any atom is 0.277 e. The van der Waals surface area contributed by atoms with Gasteiger partial charge in [-0.3, -0.25) is 14.9 Å². The predicted molar refractivity (Wildman–Crippen MR) is 73.8 cm³/mol. The molecule has 0 saturated heterocycles. The molecule has 2 aromatic rings. The van der Waals surface area contributed by atoms with Crippen LogP contribution in [-0.2, 0) is 4.79 Å². The molecule has 3 rings (SSSR count). The van der Waals surface area contributed by atoms with E-state index in [-0.39, 0.29) is 17.6 Å². The molecule has 1 aliphatic carbocycles. The summed E-state index contributed by atoms with van der Waals surface area (Å²) in [7, 11) is 0. The minimum Gasteiger partial charge on any atom is -0.416 e. The Bertz CT molecular complexity index is 620. The van der Waals surface area contributed by atoms with E-state index < -0.39 is 0 Å². The number of amides is 2. The molecule has 8 heteroatoms. The number of nitrogens with zero attached hydrogens (tertiary/aromatic N) is 2. The molecule has 2 heterocycles. The van der Waals surface area contributed by atoms with E-state index in [4.69, 9.17) is 4.42 Å². The fourth-order valence-corrected chi connectivity index (χ4v) is 2.72. The number of imide groups is 1. The first-order valence-electron chi connectivity index (χ1n) is 6.06. The van der Waals surface area contributed by atoms with Crippen LogP contribution in [-0.4, -0.2) is 27.8 Å². The summed E-state index contributed by atoms with van der Waals surface area (Å²) in [6, 6.07) is 3.43. The van der Waals surface area contributed by atoms with Crippen LogP contribution in [0.15, 0.2) is 27.2 Å². The molecule has 0 atom stereocenters. The third-order valence-electron chi connectivity index (χ3n) is 2.67. The number of carbonyl (C=O) groups excluding carboxylic acids is 2. The van der Waals surface area contributed by atoms with E-state index in [9.17, 15) is 9.59 Å². The van der Waals surface area contributed by atoms with E-state index in [1.807, 2.05) is 0 Å². The van der Waals surface area contributed by atoms with E-state index in [2.05, 4.69) is 15.5 Å². The van der Waals surface area contributed by atoms with Gasteiger partial charge in [0.2, 0.25) is 11.8 Å². The molecule has 6 nitrogen and oxygen atoms in total. The summed E-state index contributed by atoms with van der Waals surface area (Å²) in [6.07, 6.45) is 2.17. The number of nitrogens with one attached hydrogen (secondary N) is 1. The summed E-state index contributed by atoms with van der Waals surface area (Å²) in [6.45, 7) is 0. The first-order valence-corrected chi connectivity index (χ1v) is 7.93. The van der Waals surface area contributed by atoms with Crippen molar-refractivity contribution < 1.29 is 14.0 Å². The van der Waals surface area contributed by atoms with E-state index >= 15 is 0 Å². The average molecular weight is 309 g/mol. The van der Waals surface area contributed by atoms with Crippen LogP contribution in [0.3, 0.4) is 0 Å². The highest BCUT2D eigenvalue weighted by Gasteiger charge is 2.29. The number of thiophene rings is 1. The van der Waals surface area contributed by atoms with Crippen LogP contribution in [0.4, 0.5) is 0 Å². The summed E-state index contributed by atoms with van der Waals surface area (Å²) < 4.78 is 5.41. The number of aromatic nitrogens is 2. The maximum absolute atomic E-state index is 11.6. The Labute approximate surface area is 123 Å². The third kappa shape index (κ3) is 3.26. The van der Waals surface area contributed by atoms with Crippen LogP contribution in [0.1, 0.15) is 34.3 Å². The molecule has 104 valence electrons. The molecule has 1 aliphatic rings. The molecule has 20 heavy (non-hydrogen) atoms. The number of thioether (sulfide) groups is 1. The zero-order valence-electron chi connectivity index (χ0n) is 10.4. The van der Waals surface area contributed by atoms with Crippen molar-refractivity contribution in [3.05, 3.63) is 28.3 Å². The summed E-state index contributed by atoms with van der Waals surface area (Å²) in [5.41, 5.74) is 0. The zero-order valence-corrected chi connectivity index (χ0v) is 12.0. The van der Waals surface area contributed by atoms with Crippen LogP contribution in [0, 0.1) is 0 Å². The Hall–Kier alpha value is -1.67. The lowest BCUT2D eigenvalue weighted by Crippen LogP contribution is -2.31. The van der Waals surface area contributed by atoms with Gasteiger partial charge in [0, 0.05) is 5.92 Å². The molecular formula is C12H11N3O3S2. The van der Waals surface area contributed by atoms with Gasteiger partial charge in [0.15, 0.2) is 0 Å². The Morgan fingerprint density at radius 3 is 3.00 bits per heavy atom. The minimum atomic E-state index is -0.380. The van der Waals surface area contributed by atoms with Gasteiger partial charge in [-0.15, -0.1) is 21.5 Å². The van der Waals surface area contributed by atoms with Gasteiger partial charge in [0.1, 0.15) is 0 Å². The highest BCUT2D eigenvalue weighted by Crippen LogP contribution is 2.39. The van der Waals surface area contributed by atoms with Gasteiger partial charge < -0.3 is 4.42 Å². The van der Waals surface area contributed by atoms with Gasteiger partial charge in [-0.25, -0.2) is 0 Å². The number of carbonyl (C=O) groups is 2. The molecule has 1 fully saturated rings. The zero-order chi connectivity index (χ0) is 13.9. The lowest BCUT2D eigenvalue weighted by molar-refractivity contribution is -0.117. The van der Waals surface area contributed by atoms with Crippen molar-refractivity contribution in [3.8, 4) is 0 Å². The molecule has 0 spiro atoms. The standard InChI is InChI=1S/C12H11N3O3S2/c16-9(13-10(17)8-2-1-5-19-8)6-20-12-15-14-11(18-12)7-3-4-7/h1-2,5,7H,3-4,6H2,(H,13,16,17). The second-order valence-corrected chi connectivity index (χ2v) is 6.20. The molecule has 0 bridgehead atoms. The van der Waals surface area contributed by atoms with Gasteiger partial charge >= 0.3 is 0 Å². The fourth-order valence-electron chi connectivity index (χ4n) is 1.53. The van der Waals surface area contributed by atoms with Gasteiger partial charge in [-0.05, 0) is 24.3 Å². The normalized spacial score (nSPS) is 14.2. The van der Waals surface area contributed by atoms with Crippen molar-refractivity contribution in [1.29, 1.82) is 0 Å². The fraction of sp³-hybridized carbons (Fsp3) is 0.333. The van der Waals surface area contributed by atoms with Gasteiger partial charge in [0.25, 0.3) is 11.1 Å². The number of hydrogen-bond donors (Lipinski definition) is 1. The largest absolute Gasteiger partial charge is 0.416 e. The van der Waals surface area contributed by atoms with Crippen LogP contribution in [0.2, 0.25) is 0 Å². The molecule has 0 aliphatic heterocycles. The highest BCUT2D eigenvalue weighted by molar-refractivity contribution is 7.99. The Morgan fingerprint density at radius 1 is 1.45 bits per heavy atom. The molecule has 0 radical (unpaired) electrons. The van der Waals surface area contributed by atoms with Crippen molar-refractivity contribution in [3.63, 3.8) is 0 Å². The van der Waals surface area contributed by atoms with Gasteiger partial charge in [-0.2, -0.15) is 0 Å². The molecule has 2 amide bonds. The first kappa shape index (κ1) is 13.3. The van der Waals surface area contributed by atoms with Gasteiger partial charge in [0.05, 0.1) is 10.6 Å². The molecule has 0 aromatic carbocycles. The average Bonchev–Trinajstić information content (AvgIpc) is 2.95. The topological polar surface area (TPSA) is 85.1 Å². The van der Waals surface area contributed by atoms with Crippen molar-refractivity contribution in [2.75, 3.05) is 5.75 Å². The SMILES string of the molecule is O=C(CSc1nnc(C2CC2)o1)NC(=O)c1cccs1. The Kier molecular flexibility index (Phi) is 3.83. The molecule has 1 N–H and O–H groups in total. The first-order chi connectivity index (χ1) is 9.72. The van der Waals surface area contributed by atoms with Crippen molar-refractivity contribution in [2.24, 2.45) is 0 Å². The summed E-state index contributed by atoms with van der Waals surface area (Å²) in [4.78, 5) is 23.8. The summed E-state index contributed by atoms with van der Waals surface area (Å²) >= 11 is 2.42. The van der Waals surface area contributed by atoms with Crippen LogP contribution < -0.4 is 5.32 Å². The van der Waals surface area contributed by atoms with E-state index in [0.717, 1.165) is 24.6 Å². The monoisotopic (exact) mass is 309 g/mol. The quantitative estimate of drug-likeness (QED) is 0.851.